The molecule has 0 radical (unpaired) electrons. The zero-order valence-corrected chi connectivity index (χ0v) is 21.2. The van der Waals surface area contributed by atoms with Crippen LogP contribution < -0.4 is 4.74 Å². The van der Waals surface area contributed by atoms with Gasteiger partial charge in [-0.1, -0.05) is 32.0 Å². The van der Waals surface area contributed by atoms with E-state index in [1.807, 2.05) is 49.1 Å². The minimum atomic E-state index is -0.724. The molecule has 0 saturated carbocycles. The average molecular weight is 493 g/mol. The lowest BCUT2D eigenvalue weighted by Gasteiger charge is -2.38. The summed E-state index contributed by atoms with van der Waals surface area (Å²) in [4.78, 5) is 29.5. The molecule has 1 aromatic heterocycles. The number of rotatable bonds is 8. The normalized spacial score (nSPS) is 15.9. The van der Waals surface area contributed by atoms with Gasteiger partial charge in [0.15, 0.2) is 6.10 Å². The van der Waals surface area contributed by atoms with Gasteiger partial charge in [-0.05, 0) is 72.4 Å². The Hall–Kier alpha value is -3.61. The van der Waals surface area contributed by atoms with Gasteiger partial charge in [-0.25, -0.2) is 4.39 Å². The highest BCUT2D eigenvalue weighted by atomic mass is 19.1. The van der Waals surface area contributed by atoms with Crippen molar-refractivity contribution in [3.05, 3.63) is 89.1 Å². The van der Waals surface area contributed by atoms with Gasteiger partial charge < -0.3 is 19.0 Å². The van der Waals surface area contributed by atoms with Crippen molar-refractivity contribution in [2.24, 2.45) is 5.92 Å². The van der Waals surface area contributed by atoms with Crippen molar-refractivity contribution in [1.82, 2.24) is 9.80 Å². The second kappa shape index (κ2) is 11.0. The van der Waals surface area contributed by atoms with Crippen LogP contribution in [0.15, 0.2) is 65.3 Å². The highest BCUT2D eigenvalue weighted by Gasteiger charge is 2.33. The number of nitrogens with zero attached hydrogens (tertiary/aromatic N) is 2. The molecule has 4 rings (SSSR count). The number of ether oxygens (including phenoxy) is 1. The van der Waals surface area contributed by atoms with E-state index >= 15 is 0 Å². The van der Waals surface area contributed by atoms with E-state index in [1.54, 1.807) is 37.3 Å². The molecule has 2 atom stereocenters. The van der Waals surface area contributed by atoms with Crippen LogP contribution in [0.3, 0.4) is 0 Å². The summed E-state index contributed by atoms with van der Waals surface area (Å²) in [5.74, 6) is 0.948. The standard InChI is InChI=1S/C29H33FN2O4/c1-19(2)15-27(33)32-13-12-21-10-11-24(17-26(21)28(32)22-7-5-8-23(30)16-22)36-20(3)29(34)31(4)18-25-9-6-14-35-25/h5-11,14,16-17,19-20,28H,12-13,15,18H2,1-4H3/t20-,28+/m1/s1. The molecular weight excluding hydrogens is 459 g/mol. The molecule has 0 unspecified atom stereocenters. The fourth-order valence-corrected chi connectivity index (χ4v) is 4.72. The summed E-state index contributed by atoms with van der Waals surface area (Å²) in [7, 11) is 1.70. The fourth-order valence-electron chi connectivity index (χ4n) is 4.72. The summed E-state index contributed by atoms with van der Waals surface area (Å²) in [6, 6.07) is 15.3. The third-order valence-electron chi connectivity index (χ3n) is 6.42. The number of carbonyl (C=O) groups is 2. The number of benzene rings is 2. The van der Waals surface area contributed by atoms with Crippen molar-refractivity contribution in [2.75, 3.05) is 13.6 Å². The van der Waals surface area contributed by atoms with Crippen LogP contribution in [-0.2, 0) is 22.6 Å². The van der Waals surface area contributed by atoms with Gasteiger partial charge in [0.25, 0.3) is 5.91 Å². The van der Waals surface area contributed by atoms with E-state index in [1.165, 1.54) is 12.1 Å². The van der Waals surface area contributed by atoms with Crippen molar-refractivity contribution in [3.63, 3.8) is 0 Å². The lowest BCUT2D eigenvalue weighted by molar-refractivity contribution is -0.137. The second-order valence-electron chi connectivity index (χ2n) is 9.79. The number of halogens is 1. The Morgan fingerprint density at radius 2 is 1.94 bits per heavy atom. The van der Waals surface area contributed by atoms with Crippen molar-refractivity contribution < 1.29 is 23.1 Å². The van der Waals surface area contributed by atoms with Gasteiger partial charge >= 0.3 is 0 Å². The molecule has 1 aliphatic heterocycles. The first-order valence-electron chi connectivity index (χ1n) is 12.3. The third kappa shape index (κ3) is 5.78. The maximum atomic E-state index is 14.2. The van der Waals surface area contributed by atoms with Gasteiger partial charge in [0.05, 0.1) is 18.8 Å². The van der Waals surface area contributed by atoms with Crippen molar-refractivity contribution in [1.29, 1.82) is 0 Å². The Balaban J connectivity index is 1.60. The zero-order chi connectivity index (χ0) is 25.8. The van der Waals surface area contributed by atoms with Crippen molar-refractivity contribution in [3.8, 4) is 5.75 Å². The van der Waals surface area contributed by atoms with Crippen LogP contribution in [0.4, 0.5) is 4.39 Å². The average Bonchev–Trinajstić information content (AvgIpc) is 3.35. The van der Waals surface area contributed by atoms with Gasteiger partial charge in [0.2, 0.25) is 5.91 Å². The number of hydrogen-bond donors (Lipinski definition) is 0. The Kier molecular flexibility index (Phi) is 7.77. The molecule has 0 aliphatic carbocycles. The molecule has 2 amide bonds. The summed E-state index contributed by atoms with van der Waals surface area (Å²) < 4.78 is 25.6. The first-order valence-corrected chi connectivity index (χ1v) is 12.3. The number of carbonyl (C=O) groups excluding carboxylic acids is 2. The van der Waals surface area contributed by atoms with E-state index in [0.29, 0.717) is 43.0 Å². The van der Waals surface area contributed by atoms with Crippen LogP contribution in [0, 0.1) is 11.7 Å². The SMILES string of the molecule is CC(C)CC(=O)N1CCc2ccc(O[C@H](C)C(=O)N(C)Cc3ccco3)cc2[C@@H]1c1cccc(F)c1. The molecule has 2 heterocycles. The predicted molar refractivity (Wildman–Crippen MR) is 135 cm³/mol. The van der Waals surface area contributed by atoms with E-state index < -0.39 is 12.1 Å². The topological polar surface area (TPSA) is 63.0 Å². The number of fused-ring (bicyclic) bond motifs is 1. The van der Waals surface area contributed by atoms with Crippen LogP contribution in [0.5, 0.6) is 5.75 Å². The first kappa shape index (κ1) is 25.5. The number of furan rings is 1. The van der Waals surface area contributed by atoms with Gasteiger partial charge in [-0.2, -0.15) is 0 Å². The molecule has 1 aliphatic rings. The van der Waals surface area contributed by atoms with Gasteiger partial charge in [-0.15, -0.1) is 0 Å². The molecule has 2 aromatic carbocycles. The zero-order valence-electron chi connectivity index (χ0n) is 21.2. The van der Waals surface area contributed by atoms with E-state index in [0.717, 1.165) is 11.1 Å². The molecule has 3 aromatic rings. The minimum Gasteiger partial charge on any atom is -0.481 e. The molecule has 0 bridgehead atoms. The number of hydrogen-bond acceptors (Lipinski definition) is 4. The number of amides is 2. The van der Waals surface area contributed by atoms with Gasteiger partial charge in [0, 0.05) is 20.0 Å². The molecule has 6 nitrogen and oxygen atoms in total. The largest absolute Gasteiger partial charge is 0.481 e. The van der Waals surface area contributed by atoms with Crippen molar-refractivity contribution in [2.45, 2.75) is 52.3 Å². The molecule has 0 saturated heterocycles. The van der Waals surface area contributed by atoms with E-state index in [9.17, 15) is 14.0 Å². The van der Waals surface area contributed by atoms with E-state index in [4.69, 9.17) is 9.15 Å². The fraction of sp³-hybridized carbons (Fsp3) is 0.379. The highest BCUT2D eigenvalue weighted by Crippen LogP contribution is 2.38. The quantitative estimate of drug-likeness (QED) is 0.424. The Morgan fingerprint density at radius 1 is 1.14 bits per heavy atom. The van der Waals surface area contributed by atoms with Crippen molar-refractivity contribution >= 4 is 11.8 Å². The van der Waals surface area contributed by atoms with E-state index in [-0.39, 0.29) is 23.5 Å². The first-order chi connectivity index (χ1) is 17.2. The lowest BCUT2D eigenvalue weighted by Crippen LogP contribution is -2.41. The van der Waals surface area contributed by atoms with Crippen LogP contribution in [0.2, 0.25) is 0 Å². The Bertz CT molecular complexity index is 1210. The lowest BCUT2D eigenvalue weighted by atomic mass is 9.87. The molecule has 7 heteroatoms. The molecule has 0 spiro atoms. The van der Waals surface area contributed by atoms with E-state index in [2.05, 4.69) is 0 Å². The monoisotopic (exact) mass is 492 g/mol. The smallest absolute Gasteiger partial charge is 0.263 e. The summed E-state index contributed by atoms with van der Waals surface area (Å²) in [5.41, 5.74) is 2.69. The highest BCUT2D eigenvalue weighted by molar-refractivity contribution is 5.80. The molecule has 190 valence electrons. The molecule has 0 N–H and O–H groups in total. The number of likely N-dealkylation sites (N-methyl/N-ethyl adjacent to an activating group) is 1. The Morgan fingerprint density at radius 3 is 2.64 bits per heavy atom. The van der Waals surface area contributed by atoms with Crippen LogP contribution in [0.1, 0.15) is 55.7 Å². The van der Waals surface area contributed by atoms with Crippen LogP contribution >= 0.6 is 0 Å². The molecular formula is C29H33FN2O4. The predicted octanol–water partition coefficient (Wildman–Crippen LogP) is 5.36. The third-order valence-corrected chi connectivity index (χ3v) is 6.42. The molecule has 36 heavy (non-hydrogen) atoms. The van der Waals surface area contributed by atoms with Crippen LogP contribution in [0.25, 0.3) is 0 Å². The van der Waals surface area contributed by atoms with Gasteiger partial charge in [-0.3, -0.25) is 9.59 Å². The summed E-state index contributed by atoms with van der Waals surface area (Å²) in [6.45, 7) is 6.65. The van der Waals surface area contributed by atoms with Gasteiger partial charge in [0.1, 0.15) is 17.3 Å². The minimum absolute atomic E-state index is 0.0410. The summed E-state index contributed by atoms with van der Waals surface area (Å²) >= 11 is 0. The van der Waals surface area contributed by atoms with Crippen LogP contribution in [-0.4, -0.2) is 41.3 Å². The maximum absolute atomic E-state index is 14.2. The Labute approximate surface area is 211 Å². The maximum Gasteiger partial charge on any atom is 0.263 e. The molecule has 0 fully saturated rings. The summed E-state index contributed by atoms with van der Waals surface area (Å²) in [5, 5.41) is 0. The summed E-state index contributed by atoms with van der Waals surface area (Å²) in [6.07, 6.45) is 1.97. The second-order valence-corrected chi connectivity index (χ2v) is 9.79.